The van der Waals surface area contributed by atoms with Gasteiger partial charge in [0.25, 0.3) is 5.56 Å². The summed E-state index contributed by atoms with van der Waals surface area (Å²) in [6, 6.07) is 17.2. The SMILES string of the molecule is CCC[C@H](C)NC(=O)CSc1nc2ccccc2c(=O)n1[C@H](C)c1ccccc1. The zero-order chi connectivity index (χ0) is 20.8. The van der Waals surface area contributed by atoms with Crippen molar-refractivity contribution in [3.63, 3.8) is 0 Å². The van der Waals surface area contributed by atoms with Crippen molar-refractivity contribution in [1.29, 1.82) is 0 Å². The fourth-order valence-electron chi connectivity index (χ4n) is 3.40. The van der Waals surface area contributed by atoms with Crippen molar-refractivity contribution in [2.75, 3.05) is 5.75 Å². The van der Waals surface area contributed by atoms with E-state index in [-0.39, 0.29) is 29.3 Å². The highest BCUT2D eigenvalue weighted by Gasteiger charge is 2.19. The molecule has 0 aliphatic rings. The van der Waals surface area contributed by atoms with E-state index in [1.807, 2.05) is 62.4 Å². The van der Waals surface area contributed by atoms with E-state index >= 15 is 0 Å². The summed E-state index contributed by atoms with van der Waals surface area (Å²) in [4.78, 5) is 30.4. The lowest BCUT2D eigenvalue weighted by molar-refractivity contribution is -0.119. The van der Waals surface area contributed by atoms with Crippen molar-refractivity contribution >= 4 is 28.6 Å². The number of para-hydroxylation sites is 1. The maximum Gasteiger partial charge on any atom is 0.262 e. The molecule has 0 radical (unpaired) electrons. The first kappa shape index (κ1) is 21.1. The molecule has 6 heteroatoms. The Balaban J connectivity index is 1.94. The number of nitrogens with zero attached hydrogens (tertiary/aromatic N) is 2. The highest BCUT2D eigenvalue weighted by Crippen LogP contribution is 2.24. The molecule has 0 aliphatic carbocycles. The maximum absolute atomic E-state index is 13.3. The number of hydrogen-bond acceptors (Lipinski definition) is 4. The Morgan fingerprint density at radius 2 is 1.79 bits per heavy atom. The zero-order valence-corrected chi connectivity index (χ0v) is 17.9. The van der Waals surface area contributed by atoms with Crippen LogP contribution in [-0.4, -0.2) is 27.3 Å². The average molecular weight is 410 g/mol. The normalized spacial score (nSPS) is 13.2. The number of amides is 1. The molecule has 0 unspecified atom stereocenters. The van der Waals surface area contributed by atoms with Crippen molar-refractivity contribution in [2.45, 2.75) is 50.9 Å². The predicted molar refractivity (Wildman–Crippen MR) is 119 cm³/mol. The van der Waals surface area contributed by atoms with Gasteiger partial charge in [-0.25, -0.2) is 4.98 Å². The molecule has 2 aromatic carbocycles. The Hall–Kier alpha value is -2.60. The zero-order valence-electron chi connectivity index (χ0n) is 17.1. The van der Waals surface area contributed by atoms with E-state index in [1.54, 1.807) is 10.6 Å². The van der Waals surface area contributed by atoms with Gasteiger partial charge in [0.1, 0.15) is 0 Å². The van der Waals surface area contributed by atoms with Crippen LogP contribution in [0, 0.1) is 0 Å². The molecule has 1 amide bonds. The molecule has 0 spiro atoms. The van der Waals surface area contributed by atoms with Gasteiger partial charge in [0.15, 0.2) is 5.16 Å². The van der Waals surface area contributed by atoms with Crippen LogP contribution in [0.2, 0.25) is 0 Å². The molecule has 1 aromatic heterocycles. The Bertz CT molecular complexity index is 1030. The second-order valence-electron chi connectivity index (χ2n) is 7.22. The van der Waals surface area contributed by atoms with Gasteiger partial charge in [-0.05, 0) is 38.0 Å². The number of carbonyl (C=O) groups is 1. The van der Waals surface area contributed by atoms with Gasteiger partial charge in [-0.3, -0.25) is 14.2 Å². The van der Waals surface area contributed by atoms with Gasteiger partial charge >= 0.3 is 0 Å². The second-order valence-corrected chi connectivity index (χ2v) is 8.16. The first-order valence-electron chi connectivity index (χ1n) is 9.99. The molecule has 0 saturated heterocycles. The summed E-state index contributed by atoms with van der Waals surface area (Å²) in [6.45, 7) is 6.09. The summed E-state index contributed by atoms with van der Waals surface area (Å²) < 4.78 is 1.70. The second kappa shape index (κ2) is 9.74. The number of nitrogens with one attached hydrogen (secondary N) is 1. The van der Waals surface area contributed by atoms with E-state index in [0.717, 1.165) is 18.4 Å². The topological polar surface area (TPSA) is 64.0 Å². The Morgan fingerprint density at radius 1 is 1.10 bits per heavy atom. The molecule has 5 nitrogen and oxygen atoms in total. The van der Waals surface area contributed by atoms with Crippen LogP contribution in [-0.2, 0) is 4.79 Å². The first-order chi connectivity index (χ1) is 14.0. The number of thioether (sulfide) groups is 1. The minimum absolute atomic E-state index is 0.0442. The lowest BCUT2D eigenvalue weighted by atomic mass is 10.1. The maximum atomic E-state index is 13.3. The summed E-state index contributed by atoms with van der Waals surface area (Å²) in [5.41, 5.74) is 1.58. The number of carbonyl (C=O) groups excluding carboxylic acids is 1. The Morgan fingerprint density at radius 3 is 2.52 bits per heavy atom. The van der Waals surface area contributed by atoms with Crippen molar-refractivity contribution in [3.05, 3.63) is 70.5 Å². The van der Waals surface area contributed by atoms with Gasteiger partial charge in [0.05, 0.1) is 22.7 Å². The van der Waals surface area contributed by atoms with Gasteiger partial charge in [-0.2, -0.15) is 0 Å². The van der Waals surface area contributed by atoms with E-state index in [9.17, 15) is 9.59 Å². The monoisotopic (exact) mass is 409 g/mol. The molecular formula is C23H27N3O2S. The molecule has 152 valence electrons. The van der Waals surface area contributed by atoms with Crippen molar-refractivity contribution < 1.29 is 4.79 Å². The van der Waals surface area contributed by atoms with E-state index in [4.69, 9.17) is 4.98 Å². The fourth-order valence-corrected chi connectivity index (χ4v) is 4.29. The highest BCUT2D eigenvalue weighted by molar-refractivity contribution is 7.99. The quantitative estimate of drug-likeness (QED) is 0.442. The summed E-state index contributed by atoms with van der Waals surface area (Å²) in [5, 5.41) is 4.15. The molecule has 3 aromatic rings. The van der Waals surface area contributed by atoms with E-state index < -0.39 is 0 Å². The van der Waals surface area contributed by atoms with Gasteiger partial charge < -0.3 is 5.32 Å². The summed E-state index contributed by atoms with van der Waals surface area (Å²) >= 11 is 1.31. The number of fused-ring (bicyclic) bond motifs is 1. The molecule has 29 heavy (non-hydrogen) atoms. The van der Waals surface area contributed by atoms with E-state index in [2.05, 4.69) is 12.2 Å². The summed E-state index contributed by atoms with van der Waals surface area (Å²) in [5.74, 6) is 0.178. The fraction of sp³-hybridized carbons (Fsp3) is 0.348. The largest absolute Gasteiger partial charge is 0.353 e. The number of benzene rings is 2. The summed E-state index contributed by atoms with van der Waals surface area (Å²) in [7, 11) is 0. The molecular weight excluding hydrogens is 382 g/mol. The van der Waals surface area contributed by atoms with Gasteiger partial charge in [0.2, 0.25) is 5.91 Å². The standard InChI is InChI=1S/C23H27N3O2S/c1-4-10-16(2)24-21(27)15-29-23-25-20-14-9-8-13-19(20)22(28)26(23)17(3)18-11-6-5-7-12-18/h5-9,11-14,16-17H,4,10,15H2,1-3H3,(H,24,27)/t16-,17+/m0/s1. The lowest BCUT2D eigenvalue weighted by Crippen LogP contribution is -2.34. The number of rotatable bonds is 8. The molecule has 0 aliphatic heterocycles. The molecule has 0 saturated carbocycles. The number of aromatic nitrogens is 2. The Kier molecular flexibility index (Phi) is 7.09. The van der Waals surface area contributed by atoms with Crippen LogP contribution in [0.3, 0.4) is 0 Å². The molecule has 2 atom stereocenters. The van der Waals surface area contributed by atoms with Gasteiger partial charge in [-0.15, -0.1) is 0 Å². The summed E-state index contributed by atoms with van der Waals surface area (Å²) in [6.07, 6.45) is 1.97. The van der Waals surface area contributed by atoms with Crippen molar-refractivity contribution in [2.24, 2.45) is 0 Å². The molecule has 0 bridgehead atoms. The van der Waals surface area contributed by atoms with Crippen LogP contribution < -0.4 is 10.9 Å². The van der Waals surface area contributed by atoms with Crippen LogP contribution in [0.25, 0.3) is 10.9 Å². The van der Waals surface area contributed by atoms with Gasteiger partial charge in [0, 0.05) is 6.04 Å². The third kappa shape index (κ3) is 5.07. The molecule has 3 rings (SSSR count). The minimum atomic E-state index is -0.189. The van der Waals surface area contributed by atoms with Crippen LogP contribution in [0.15, 0.2) is 64.5 Å². The van der Waals surface area contributed by atoms with Crippen molar-refractivity contribution in [3.8, 4) is 0 Å². The Labute approximate surface area is 175 Å². The molecule has 0 fully saturated rings. The predicted octanol–water partition coefficient (Wildman–Crippen LogP) is 4.40. The van der Waals surface area contributed by atoms with Gasteiger partial charge in [-0.1, -0.05) is 67.6 Å². The molecule has 1 heterocycles. The first-order valence-corrected chi connectivity index (χ1v) is 11.0. The third-order valence-electron chi connectivity index (χ3n) is 4.91. The van der Waals surface area contributed by atoms with E-state index in [1.165, 1.54) is 11.8 Å². The van der Waals surface area contributed by atoms with Crippen LogP contribution >= 0.6 is 11.8 Å². The highest BCUT2D eigenvalue weighted by atomic mass is 32.2. The van der Waals surface area contributed by atoms with Crippen LogP contribution in [0.4, 0.5) is 0 Å². The van der Waals surface area contributed by atoms with E-state index in [0.29, 0.717) is 16.1 Å². The lowest BCUT2D eigenvalue weighted by Gasteiger charge is -2.20. The minimum Gasteiger partial charge on any atom is -0.353 e. The third-order valence-corrected chi connectivity index (χ3v) is 5.86. The van der Waals surface area contributed by atoms with Crippen LogP contribution in [0.5, 0.6) is 0 Å². The van der Waals surface area contributed by atoms with Crippen molar-refractivity contribution in [1.82, 2.24) is 14.9 Å². The number of hydrogen-bond donors (Lipinski definition) is 1. The molecule has 1 N–H and O–H groups in total. The smallest absolute Gasteiger partial charge is 0.262 e. The average Bonchev–Trinajstić information content (AvgIpc) is 2.73. The van der Waals surface area contributed by atoms with Crippen LogP contribution in [0.1, 0.15) is 45.2 Å².